The summed E-state index contributed by atoms with van der Waals surface area (Å²) in [6.07, 6.45) is 1.68. The highest BCUT2D eigenvalue weighted by Gasteiger charge is 2.47. The van der Waals surface area contributed by atoms with Crippen LogP contribution in [-0.2, 0) is 13.1 Å². The average molecular weight is 350 g/mol. The molecule has 2 aromatic rings. The minimum Gasteiger partial charge on any atom is -0.465 e. The van der Waals surface area contributed by atoms with E-state index in [0.29, 0.717) is 13.1 Å². The summed E-state index contributed by atoms with van der Waals surface area (Å²) in [5.74, 6) is -0.637. The minimum absolute atomic E-state index is 0.0125. The highest BCUT2D eigenvalue weighted by Crippen LogP contribution is 2.30. The zero-order valence-electron chi connectivity index (χ0n) is 14.2. The molecule has 1 unspecified atom stereocenters. The van der Waals surface area contributed by atoms with Gasteiger partial charge < -0.3 is 13.9 Å². The SMILES string of the molecule is Cc1ccc(CN2CCn3cc(C(=O)N4CC(F)(F)C4)nc3C2C)o1. The number of aromatic nitrogens is 2. The van der Waals surface area contributed by atoms with Crippen LogP contribution in [-0.4, -0.2) is 50.8 Å². The molecule has 0 aromatic carbocycles. The van der Waals surface area contributed by atoms with E-state index in [4.69, 9.17) is 4.42 Å². The number of amides is 1. The Morgan fingerprint density at radius 3 is 2.76 bits per heavy atom. The van der Waals surface area contributed by atoms with Crippen LogP contribution < -0.4 is 0 Å². The molecule has 2 aromatic heterocycles. The fourth-order valence-corrected chi connectivity index (χ4v) is 3.44. The second kappa shape index (κ2) is 5.66. The van der Waals surface area contributed by atoms with Gasteiger partial charge in [0.05, 0.1) is 25.7 Å². The number of likely N-dealkylation sites (tertiary alicyclic amines) is 1. The molecular formula is C17H20F2N4O2. The summed E-state index contributed by atoms with van der Waals surface area (Å²) in [6.45, 7) is 5.08. The predicted molar refractivity (Wildman–Crippen MR) is 85.3 cm³/mol. The van der Waals surface area contributed by atoms with Crippen molar-refractivity contribution in [1.82, 2.24) is 19.4 Å². The Morgan fingerprint density at radius 1 is 1.36 bits per heavy atom. The molecule has 4 rings (SSSR count). The molecule has 0 bridgehead atoms. The monoisotopic (exact) mass is 350 g/mol. The highest BCUT2D eigenvalue weighted by molar-refractivity contribution is 5.93. The number of fused-ring (bicyclic) bond motifs is 1. The molecule has 1 amide bonds. The lowest BCUT2D eigenvalue weighted by atomic mass is 10.1. The molecule has 25 heavy (non-hydrogen) atoms. The number of imidazole rings is 1. The third-order valence-corrected chi connectivity index (χ3v) is 4.86. The van der Waals surface area contributed by atoms with Crippen molar-refractivity contribution in [2.45, 2.75) is 38.9 Å². The summed E-state index contributed by atoms with van der Waals surface area (Å²) in [4.78, 5) is 20.1. The quantitative estimate of drug-likeness (QED) is 0.853. The second-order valence-corrected chi connectivity index (χ2v) is 6.85. The average Bonchev–Trinajstić information content (AvgIpc) is 3.13. The van der Waals surface area contributed by atoms with Gasteiger partial charge in [0, 0.05) is 19.3 Å². The first kappa shape index (κ1) is 16.3. The number of hydrogen-bond donors (Lipinski definition) is 0. The van der Waals surface area contributed by atoms with Gasteiger partial charge >= 0.3 is 0 Å². The van der Waals surface area contributed by atoms with Crippen molar-refractivity contribution < 1.29 is 18.0 Å². The van der Waals surface area contributed by atoms with Crippen LogP contribution in [0, 0.1) is 6.92 Å². The maximum Gasteiger partial charge on any atom is 0.282 e. The van der Waals surface area contributed by atoms with Gasteiger partial charge in [-0.3, -0.25) is 9.69 Å². The molecule has 6 nitrogen and oxygen atoms in total. The molecule has 1 fully saturated rings. The number of hydrogen-bond acceptors (Lipinski definition) is 4. The molecule has 134 valence electrons. The zero-order valence-corrected chi connectivity index (χ0v) is 14.2. The topological polar surface area (TPSA) is 54.5 Å². The normalized spacial score (nSPS) is 22.6. The van der Waals surface area contributed by atoms with Gasteiger partial charge in [0.2, 0.25) is 0 Å². The van der Waals surface area contributed by atoms with E-state index < -0.39 is 24.9 Å². The van der Waals surface area contributed by atoms with E-state index in [-0.39, 0.29) is 11.7 Å². The van der Waals surface area contributed by atoms with E-state index >= 15 is 0 Å². The Hall–Kier alpha value is -2.22. The Kier molecular flexibility index (Phi) is 3.68. The Bertz CT molecular complexity index is 805. The van der Waals surface area contributed by atoms with Crippen LogP contribution in [0.1, 0.15) is 40.8 Å². The van der Waals surface area contributed by atoms with Crippen molar-refractivity contribution in [3.05, 3.63) is 41.4 Å². The number of furan rings is 1. The Labute approximate surface area is 144 Å². The van der Waals surface area contributed by atoms with Gasteiger partial charge in [0.1, 0.15) is 23.0 Å². The summed E-state index contributed by atoms with van der Waals surface area (Å²) in [7, 11) is 0. The van der Waals surface area contributed by atoms with E-state index in [2.05, 4.69) is 9.88 Å². The zero-order chi connectivity index (χ0) is 17.8. The third kappa shape index (κ3) is 2.95. The van der Waals surface area contributed by atoms with Crippen molar-refractivity contribution in [2.75, 3.05) is 19.6 Å². The summed E-state index contributed by atoms with van der Waals surface area (Å²) in [5.41, 5.74) is 0.244. The Morgan fingerprint density at radius 2 is 2.12 bits per heavy atom. The summed E-state index contributed by atoms with van der Waals surface area (Å²) >= 11 is 0. The summed E-state index contributed by atoms with van der Waals surface area (Å²) < 4.78 is 33.5. The largest absolute Gasteiger partial charge is 0.465 e. The molecule has 1 atom stereocenters. The number of carbonyl (C=O) groups excluding carboxylic acids is 1. The molecule has 8 heteroatoms. The van der Waals surface area contributed by atoms with Crippen LogP contribution in [0.5, 0.6) is 0 Å². The first-order valence-corrected chi connectivity index (χ1v) is 8.36. The van der Waals surface area contributed by atoms with E-state index in [1.54, 1.807) is 6.20 Å². The van der Waals surface area contributed by atoms with E-state index in [9.17, 15) is 13.6 Å². The van der Waals surface area contributed by atoms with Crippen molar-refractivity contribution in [1.29, 1.82) is 0 Å². The second-order valence-electron chi connectivity index (χ2n) is 6.85. The van der Waals surface area contributed by atoms with Gasteiger partial charge in [-0.05, 0) is 26.0 Å². The van der Waals surface area contributed by atoms with Gasteiger partial charge in [-0.25, -0.2) is 13.8 Å². The molecule has 2 aliphatic rings. The van der Waals surface area contributed by atoms with E-state index in [1.165, 1.54) is 0 Å². The van der Waals surface area contributed by atoms with Gasteiger partial charge in [-0.2, -0.15) is 0 Å². The number of nitrogens with zero attached hydrogens (tertiary/aromatic N) is 4. The van der Waals surface area contributed by atoms with E-state index in [1.807, 2.05) is 30.5 Å². The maximum atomic E-state index is 13.0. The van der Waals surface area contributed by atoms with Crippen LogP contribution in [0.25, 0.3) is 0 Å². The fraction of sp³-hybridized carbons (Fsp3) is 0.529. The summed E-state index contributed by atoms with van der Waals surface area (Å²) in [5, 5.41) is 0. The third-order valence-electron chi connectivity index (χ3n) is 4.86. The number of alkyl halides is 2. The predicted octanol–water partition coefficient (Wildman–Crippen LogP) is 2.45. The number of halogens is 2. The number of aryl methyl sites for hydroxylation is 1. The van der Waals surface area contributed by atoms with Crippen LogP contribution in [0.3, 0.4) is 0 Å². The molecular weight excluding hydrogens is 330 g/mol. The molecule has 4 heterocycles. The molecule has 0 N–H and O–H groups in total. The molecule has 0 saturated carbocycles. The van der Waals surface area contributed by atoms with Crippen LogP contribution in [0.2, 0.25) is 0 Å². The van der Waals surface area contributed by atoms with Crippen molar-refractivity contribution in [2.24, 2.45) is 0 Å². The van der Waals surface area contributed by atoms with Gasteiger partial charge in [0.15, 0.2) is 0 Å². The lowest BCUT2D eigenvalue weighted by molar-refractivity contribution is -0.113. The number of rotatable bonds is 3. The maximum absolute atomic E-state index is 13.0. The van der Waals surface area contributed by atoms with Crippen LogP contribution in [0.15, 0.2) is 22.7 Å². The van der Waals surface area contributed by atoms with Crippen molar-refractivity contribution in [3.8, 4) is 0 Å². The Balaban J connectivity index is 1.49. The van der Waals surface area contributed by atoms with Gasteiger partial charge in [0.25, 0.3) is 11.8 Å². The van der Waals surface area contributed by atoms with Gasteiger partial charge in [-0.1, -0.05) is 0 Å². The lowest BCUT2D eigenvalue weighted by Crippen LogP contribution is -2.58. The molecule has 0 aliphatic carbocycles. The van der Waals surface area contributed by atoms with Crippen molar-refractivity contribution >= 4 is 5.91 Å². The molecule has 1 saturated heterocycles. The molecule has 2 aliphatic heterocycles. The highest BCUT2D eigenvalue weighted by atomic mass is 19.3. The fourth-order valence-electron chi connectivity index (χ4n) is 3.44. The lowest BCUT2D eigenvalue weighted by Gasteiger charge is -2.38. The van der Waals surface area contributed by atoms with Crippen LogP contribution in [0.4, 0.5) is 8.78 Å². The van der Waals surface area contributed by atoms with Crippen LogP contribution >= 0.6 is 0 Å². The van der Waals surface area contributed by atoms with E-state index in [0.717, 1.165) is 28.8 Å². The minimum atomic E-state index is -2.76. The molecule has 0 radical (unpaired) electrons. The summed E-state index contributed by atoms with van der Waals surface area (Å²) in [6, 6.07) is 3.91. The first-order chi connectivity index (χ1) is 11.8. The molecule has 0 spiro atoms. The van der Waals surface area contributed by atoms with Gasteiger partial charge in [-0.15, -0.1) is 0 Å². The standard InChI is InChI=1S/C17H20F2N4O2/c1-11-3-4-13(25-11)7-21-5-6-22-8-14(20-15(22)12(21)2)16(24)23-9-17(18,19)10-23/h3-4,8,12H,5-7,9-10H2,1-2H3. The van der Waals surface area contributed by atoms with Crippen molar-refractivity contribution in [3.63, 3.8) is 0 Å². The first-order valence-electron chi connectivity index (χ1n) is 8.36. The number of carbonyl (C=O) groups is 1. The smallest absolute Gasteiger partial charge is 0.282 e.